The van der Waals surface area contributed by atoms with Gasteiger partial charge in [0.2, 0.25) is 0 Å². The van der Waals surface area contributed by atoms with Crippen LogP contribution in [0.4, 0.5) is 0 Å². The first-order chi connectivity index (χ1) is 5.21. The third-order valence-corrected chi connectivity index (χ3v) is 3.94. The molecule has 11 heavy (non-hydrogen) atoms. The van der Waals surface area contributed by atoms with Crippen LogP contribution < -0.4 is 0 Å². The number of halogens is 1. The summed E-state index contributed by atoms with van der Waals surface area (Å²) < 4.78 is 6.40. The van der Waals surface area contributed by atoms with Gasteiger partial charge in [0.15, 0.2) is 0 Å². The minimum absolute atomic E-state index is 0.302. The summed E-state index contributed by atoms with van der Waals surface area (Å²) in [4.78, 5) is 1.43. The van der Waals surface area contributed by atoms with Crippen LogP contribution in [-0.2, 0) is 10.2 Å². The minimum atomic E-state index is 0.302. The normalized spacial score (nSPS) is 21.3. The van der Waals surface area contributed by atoms with Gasteiger partial charge in [-0.15, -0.1) is 11.3 Å². The molecule has 60 valence electrons. The topological polar surface area (TPSA) is 9.23 Å². The van der Waals surface area contributed by atoms with E-state index in [4.69, 9.17) is 4.74 Å². The summed E-state index contributed by atoms with van der Waals surface area (Å²) in [6.45, 7) is 3.99. The van der Waals surface area contributed by atoms with Crippen molar-refractivity contribution in [1.82, 2.24) is 0 Å². The Hall–Kier alpha value is 0.140. The lowest BCUT2D eigenvalue weighted by Gasteiger charge is -2.37. The molecule has 1 aliphatic heterocycles. The molecule has 0 unspecified atom stereocenters. The maximum absolute atomic E-state index is 5.19. The van der Waals surface area contributed by atoms with E-state index in [1.165, 1.54) is 8.66 Å². The van der Waals surface area contributed by atoms with Crippen molar-refractivity contribution in [3.8, 4) is 0 Å². The van der Waals surface area contributed by atoms with E-state index in [1.807, 2.05) is 11.3 Å². The molecule has 0 aromatic carbocycles. The Kier molecular flexibility index (Phi) is 1.82. The van der Waals surface area contributed by atoms with Crippen LogP contribution in [0.25, 0.3) is 0 Å². The average Bonchev–Trinajstić information content (AvgIpc) is 2.31. The molecule has 0 radical (unpaired) electrons. The summed E-state index contributed by atoms with van der Waals surface area (Å²) in [7, 11) is 0. The first kappa shape index (κ1) is 7.77. The van der Waals surface area contributed by atoms with Crippen LogP contribution >= 0.6 is 27.3 Å². The lowest BCUT2D eigenvalue weighted by molar-refractivity contribution is -0.0481. The summed E-state index contributed by atoms with van der Waals surface area (Å²) in [5.74, 6) is 0. The second kappa shape index (κ2) is 2.57. The van der Waals surface area contributed by atoms with Crippen LogP contribution in [0, 0.1) is 0 Å². The maximum Gasteiger partial charge on any atom is 0.0701 e. The summed E-state index contributed by atoms with van der Waals surface area (Å²) in [6.07, 6.45) is 0. The highest BCUT2D eigenvalue weighted by molar-refractivity contribution is 9.11. The van der Waals surface area contributed by atoms with Gasteiger partial charge in [-0.05, 0) is 28.1 Å². The second-order valence-corrected chi connectivity index (χ2v) is 5.62. The lowest BCUT2D eigenvalue weighted by Crippen LogP contribution is -2.43. The maximum atomic E-state index is 5.19. The molecular formula is C8H9BrOS. The van der Waals surface area contributed by atoms with Crippen LogP contribution in [0.2, 0.25) is 0 Å². The van der Waals surface area contributed by atoms with Crippen molar-refractivity contribution in [2.24, 2.45) is 0 Å². The molecule has 1 aromatic heterocycles. The Morgan fingerprint density at radius 1 is 1.55 bits per heavy atom. The fraction of sp³-hybridized carbons (Fsp3) is 0.500. The number of ether oxygens (including phenoxy) is 1. The minimum Gasteiger partial charge on any atom is -0.379 e. The van der Waals surface area contributed by atoms with E-state index < -0.39 is 0 Å². The summed E-state index contributed by atoms with van der Waals surface area (Å²) >= 11 is 5.26. The molecular weight excluding hydrogens is 224 g/mol. The van der Waals surface area contributed by atoms with Gasteiger partial charge in [0.25, 0.3) is 0 Å². The summed E-state index contributed by atoms with van der Waals surface area (Å²) in [5, 5.41) is 0. The van der Waals surface area contributed by atoms with Gasteiger partial charge in [-0.25, -0.2) is 0 Å². The van der Waals surface area contributed by atoms with Crippen molar-refractivity contribution in [2.45, 2.75) is 12.3 Å². The monoisotopic (exact) mass is 232 g/mol. The molecule has 1 fully saturated rings. The fourth-order valence-corrected chi connectivity index (χ4v) is 2.69. The zero-order chi connectivity index (χ0) is 7.90. The van der Waals surface area contributed by atoms with Crippen LogP contribution in [0.1, 0.15) is 11.8 Å². The predicted molar refractivity (Wildman–Crippen MR) is 50.2 cm³/mol. The van der Waals surface area contributed by atoms with Crippen LogP contribution in [0.5, 0.6) is 0 Å². The Bertz CT molecular complexity index is 265. The lowest BCUT2D eigenvalue weighted by atomic mass is 9.87. The first-order valence-corrected chi connectivity index (χ1v) is 5.15. The third kappa shape index (κ3) is 1.25. The number of thiophene rings is 1. The highest BCUT2D eigenvalue weighted by Gasteiger charge is 2.36. The molecule has 1 aromatic rings. The molecule has 0 aliphatic carbocycles. The van der Waals surface area contributed by atoms with E-state index in [1.54, 1.807) is 0 Å². The Labute approximate surface area is 78.5 Å². The molecule has 0 N–H and O–H groups in total. The third-order valence-electron chi connectivity index (χ3n) is 2.01. The molecule has 0 saturated carbocycles. The van der Waals surface area contributed by atoms with E-state index in [-0.39, 0.29) is 0 Å². The SMILES string of the molecule is CC1(c2ccc(Br)s2)COC1. The van der Waals surface area contributed by atoms with E-state index in [0.29, 0.717) is 5.41 Å². The molecule has 1 nitrogen and oxygen atoms in total. The van der Waals surface area contributed by atoms with Gasteiger partial charge in [-0.2, -0.15) is 0 Å². The van der Waals surface area contributed by atoms with Gasteiger partial charge in [-0.3, -0.25) is 0 Å². The number of hydrogen-bond donors (Lipinski definition) is 0. The van der Waals surface area contributed by atoms with Gasteiger partial charge in [0, 0.05) is 10.3 Å². The van der Waals surface area contributed by atoms with Gasteiger partial charge in [0.1, 0.15) is 0 Å². The van der Waals surface area contributed by atoms with Gasteiger partial charge in [-0.1, -0.05) is 6.92 Å². The van der Waals surface area contributed by atoms with Crippen LogP contribution in [0.15, 0.2) is 15.9 Å². The molecule has 1 saturated heterocycles. The number of hydrogen-bond acceptors (Lipinski definition) is 2. The first-order valence-electron chi connectivity index (χ1n) is 3.54. The smallest absolute Gasteiger partial charge is 0.0701 e. The Morgan fingerprint density at radius 3 is 2.64 bits per heavy atom. The largest absolute Gasteiger partial charge is 0.379 e. The Balaban J connectivity index is 2.28. The van der Waals surface area contributed by atoms with Crippen molar-refractivity contribution in [3.63, 3.8) is 0 Å². The predicted octanol–water partition coefficient (Wildman–Crippen LogP) is 2.80. The quantitative estimate of drug-likeness (QED) is 0.724. The molecule has 0 spiro atoms. The fourth-order valence-electron chi connectivity index (χ4n) is 1.19. The van der Waals surface area contributed by atoms with Gasteiger partial charge < -0.3 is 4.74 Å². The van der Waals surface area contributed by atoms with Crippen molar-refractivity contribution in [1.29, 1.82) is 0 Å². The zero-order valence-electron chi connectivity index (χ0n) is 6.26. The van der Waals surface area contributed by atoms with E-state index >= 15 is 0 Å². The summed E-state index contributed by atoms with van der Waals surface area (Å²) in [5.41, 5.74) is 0.302. The number of rotatable bonds is 1. The second-order valence-electron chi connectivity index (χ2n) is 3.16. The highest BCUT2D eigenvalue weighted by atomic mass is 79.9. The zero-order valence-corrected chi connectivity index (χ0v) is 8.67. The van der Waals surface area contributed by atoms with Crippen molar-refractivity contribution < 1.29 is 4.74 Å². The average molecular weight is 233 g/mol. The van der Waals surface area contributed by atoms with Crippen LogP contribution in [0.3, 0.4) is 0 Å². The van der Waals surface area contributed by atoms with Gasteiger partial charge in [0.05, 0.1) is 17.0 Å². The van der Waals surface area contributed by atoms with Crippen LogP contribution in [-0.4, -0.2) is 13.2 Å². The van der Waals surface area contributed by atoms with E-state index in [2.05, 4.69) is 35.0 Å². The Morgan fingerprint density at radius 2 is 2.27 bits per heavy atom. The molecule has 2 heterocycles. The van der Waals surface area contributed by atoms with Gasteiger partial charge >= 0.3 is 0 Å². The summed E-state index contributed by atoms with van der Waals surface area (Å²) in [6, 6.07) is 4.28. The molecule has 2 rings (SSSR count). The molecule has 3 heteroatoms. The molecule has 1 aliphatic rings. The highest BCUT2D eigenvalue weighted by Crippen LogP contribution is 2.37. The van der Waals surface area contributed by atoms with Crippen molar-refractivity contribution in [3.05, 3.63) is 20.8 Å². The van der Waals surface area contributed by atoms with E-state index in [9.17, 15) is 0 Å². The van der Waals surface area contributed by atoms with Crippen molar-refractivity contribution in [2.75, 3.05) is 13.2 Å². The molecule has 0 atom stereocenters. The standard InChI is InChI=1S/C8H9BrOS/c1-8(4-10-5-8)6-2-3-7(9)11-6/h2-3H,4-5H2,1H3. The van der Waals surface area contributed by atoms with E-state index in [0.717, 1.165) is 13.2 Å². The van der Waals surface area contributed by atoms with Crippen molar-refractivity contribution >= 4 is 27.3 Å². The molecule has 0 amide bonds. The molecule has 0 bridgehead atoms.